The average molecular weight is 275 g/mol. The molecule has 2 heteroatoms. The Kier molecular flexibility index (Phi) is 6.06. The van der Waals surface area contributed by atoms with Gasteiger partial charge in [0.1, 0.15) is 0 Å². The Balaban J connectivity index is 2.05. The van der Waals surface area contributed by atoms with E-state index in [-0.39, 0.29) is 6.10 Å². The lowest BCUT2D eigenvalue weighted by molar-refractivity contribution is -0.0395. The highest BCUT2D eigenvalue weighted by atomic mass is 16.5. The van der Waals surface area contributed by atoms with Crippen LogP contribution in [0.15, 0.2) is 24.3 Å². The molecule has 1 aromatic rings. The minimum Gasteiger partial charge on any atom is -0.369 e. The van der Waals surface area contributed by atoms with E-state index in [4.69, 9.17) is 4.74 Å². The molecule has 2 rings (SSSR count). The molecule has 3 unspecified atom stereocenters. The fourth-order valence-corrected chi connectivity index (χ4v) is 3.19. The molecular formula is C18H29NO. The first-order chi connectivity index (χ1) is 9.70. The van der Waals surface area contributed by atoms with Gasteiger partial charge in [0, 0.05) is 6.54 Å². The molecule has 1 aliphatic carbocycles. The molecule has 2 nitrogen and oxygen atoms in total. The van der Waals surface area contributed by atoms with Gasteiger partial charge in [0.05, 0.1) is 12.2 Å². The van der Waals surface area contributed by atoms with Crippen LogP contribution in [0.25, 0.3) is 0 Å². The van der Waals surface area contributed by atoms with Crippen LogP contribution in [0.1, 0.15) is 56.8 Å². The molecule has 112 valence electrons. The Morgan fingerprint density at radius 1 is 1.30 bits per heavy atom. The fraction of sp³-hybridized carbons (Fsp3) is 0.667. The van der Waals surface area contributed by atoms with E-state index in [0.717, 1.165) is 19.0 Å². The summed E-state index contributed by atoms with van der Waals surface area (Å²) in [6.45, 7) is 8.58. The summed E-state index contributed by atoms with van der Waals surface area (Å²) < 4.78 is 6.47. The summed E-state index contributed by atoms with van der Waals surface area (Å²) in [4.78, 5) is 0. The molecule has 0 heterocycles. The zero-order chi connectivity index (χ0) is 14.4. The maximum Gasteiger partial charge on any atom is 0.0955 e. The second-order valence-corrected chi connectivity index (χ2v) is 6.18. The molecule has 0 amide bonds. The molecule has 20 heavy (non-hydrogen) atoms. The topological polar surface area (TPSA) is 21.3 Å². The predicted octanol–water partition coefficient (Wildman–Crippen LogP) is 4.24. The number of rotatable bonds is 6. The summed E-state index contributed by atoms with van der Waals surface area (Å²) in [7, 11) is 0. The van der Waals surface area contributed by atoms with Crippen molar-refractivity contribution in [3.05, 3.63) is 35.4 Å². The lowest BCUT2D eigenvalue weighted by Gasteiger charge is -2.31. The van der Waals surface area contributed by atoms with E-state index in [1.54, 1.807) is 0 Å². The van der Waals surface area contributed by atoms with Crippen LogP contribution in [-0.2, 0) is 4.74 Å². The van der Waals surface area contributed by atoms with Crippen LogP contribution in [0.3, 0.4) is 0 Å². The molecule has 3 atom stereocenters. The number of aryl methyl sites for hydroxylation is 1. The highest BCUT2D eigenvalue weighted by Crippen LogP contribution is 2.30. The van der Waals surface area contributed by atoms with Crippen LogP contribution < -0.4 is 5.32 Å². The summed E-state index contributed by atoms with van der Waals surface area (Å²) in [5.41, 5.74) is 2.67. The largest absolute Gasteiger partial charge is 0.369 e. The van der Waals surface area contributed by atoms with Gasteiger partial charge in [-0.1, -0.05) is 51.0 Å². The van der Waals surface area contributed by atoms with Crippen molar-refractivity contribution in [3.8, 4) is 0 Å². The summed E-state index contributed by atoms with van der Waals surface area (Å²) in [5, 5.41) is 3.45. The van der Waals surface area contributed by atoms with Crippen LogP contribution >= 0.6 is 0 Å². The fourth-order valence-electron chi connectivity index (χ4n) is 3.19. The molecule has 0 saturated heterocycles. The van der Waals surface area contributed by atoms with Crippen LogP contribution in [0.2, 0.25) is 0 Å². The molecule has 1 aliphatic rings. The number of benzene rings is 1. The Morgan fingerprint density at radius 3 is 2.80 bits per heavy atom. The Hall–Kier alpha value is -0.860. The van der Waals surface area contributed by atoms with E-state index in [0.29, 0.717) is 6.10 Å². The molecule has 0 aliphatic heterocycles. The van der Waals surface area contributed by atoms with Gasteiger partial charge in [-0.15, -0.1) is 0 Å². The van der Waals surface area contributed by atoms with Gasteiger partial charge in [0.2, 0.25) is 0 Å². The smallest absolute Gasteiger partial charge is 0.0955 e. The van der Waals surface area contributed by atoms with Gasteiger partial charge in [-0.05, 0) is 43.4 Å². The van der Waals surface area contributed by atoms with E-state index >= 15 is 0 Å². The zero-order valence-corrected chi connectivity index (χ0v) is 13.2. The van der Waals surface area contributed by atoms with Crippen molar-refractivity contribution in [3.63, 3.8) is 0 Å². The number of hydrogen-bond donors (Lipinski definition) is 1. The quantitative estimate of drug-likeness (QED) is 0.838. The Morgan fingerprint density at radius 2 is 2.10 bits per heavy atom. The first-order valence-electron chi connectivity index (χ1n) is 8.12. The van der Waals surface area contributed by atoms with Crippen molar-refractivity contribution >= 4 is 0 Å². The van der Waals surface area contributed by atoms with Crippen molar-refractivity contribution in [2.24, 2.45) is 5.92 Å². The summed E-state index contributed by atoms with van der Waals surface area (Å²) >= 11 is 0. The van der Waals surface area contributed by atoms with Crippen LogP contribution in [0.5, 0.6) is 0 Å². The Labute approximate surface area is 123 Å². The number of hydrogen-bond acceptors (Lipinski definition) is 2. The van der Waals surface area contributed by atoms with Gasteiger partial charge < -0.3 is 10.1 Å². The highest BCUT2D eigenvalue weighted by Gasteiger charge is 2.24. The van der Waals surface area contributed by atoms with Crippen molar-refractivity contribution in [1.82, 2.24) is 5.32 Å². The monoisotopic (exact) mass is 275 g/mol. The molecular weight excluding hydrogens is 246 g/mol. The minimum absolute atomic E-state index is 0.187. The lowest BCUT2D eigenvalue weighted by Crippen LogP contribution is -2.29. The number of nitrogens with one attached hydrogen (secondary N) is 1. The molecule has 1 fully saturated rings. The maximum absolute atomic E-state index is 6.47. The summed E-state index contributed by atoms with van der Waals surface area (Å²) in [5.74, 6) is 0.811. The molecule has 1 N–H and O–H groups in total. The number of ether oxygens (including phenoxy) is 1. The molecule has 0 bridgehead atoms. The van der Waals surface area contributed by atoms with Gasteiger partial charge in [-0.2, -0.15) is 0 Å². The Bertz CT molecular complexity index is 404. The van der Waals surface area contributed by atoms with E-state index in [1.165, 1.54) is 36.8 Å². The normalized spacial score (nSPS) is 24.6. The first-order valence-corrected chi connectivity index (χ1v) is 8.12. The summed E-state index contributed by atoms with van der Waals surface area (Å²) in [6, 6.07) is 8.62. The third-order valence-corrected chi connectivity index (χ3v) is 4.36. The molecule has 0 radical (unpaired) electrons. The molecule has 0 spiro atoms. The average Bonchev–Trinajstić information content (AvgIpc) is 2.44. The van der Waals surface area contributed by atoms with Crippen molar-refractivity contribution in [1.29, 1.82) is 0 Å². The van der Waals surface area contributed by atoms with E-state index in [2.05, 4.69) is 50.4 Å². The van der Waals surface area contributed by atoms with Gasteiger partial charge in [0.25, 0.3) is 0 Å². The SMILES string of the molecule is CCNCC(OC1CCCC(C)C1)c1ccccc1C. The van der Waals surface area contributed by atoms with E-state index in [1.807, 2.05) is 0 Å². The lowest BCUT2D eigenvalue weighted by atomic mass is 9.88. The van der Waals surface area contributed by atoms with Crippen LogP contribution in [0, 0.1) is 12.8 Å². The van der Waals surface area contributed by atoms with Crippen molar-refractivity contribution < 1.29 is 4.74 Å². The molecule has 1 saturated carbocycles. The maximum atomic E-state index is 6.47. The third kappa shape index (κ3) is 4.32. The summed E-state index contributed by atoms with van der Waals surface area (Å²) in [6.07, 6.45) is 5.73. The number of likely N-dealkylation sites (N-methyl/N-ethyl adjacent to an activating group) is 1. The van der Waals surface area contributed by atoms with E-state index in [9.17, 15) is 0 Å². The van der Waals surface area contributed by atoms with Crippen molar-refractivity contribution in [2.45, 2.75) is 58.7 Å². The minimum atomic E-state index is 0.187. The van der Waals surface area contributed by atoms with Crippen LogP contribution in [-0.4, -0.2) is 19.2 Å². The predicted molar refractivity (Wildman–Crippen MR) is 85.0 cm³/mol. The van der Waals surface area contributed by atoms with Gasteiger partial charge in [-0.25, -0.2) is 0 Å². The van der Waals surface area contributed by atoms with Crippen LogP contribution in [0.4, 0.5) is 0 Å². The standard InChI is InChI=1S/C18H29NO/c1-4-19-13-18(17-11-6-5-9-15(17)3)20-16-10-7-8-14(2)12-16/h5-6,9,11,14,16,18-19H,4,7-8,10,12-13H2,1-3H3. The molecule has 1 aromatic carbocycles. The third-order valence-electron chi connectivity index (χ3n) is 4.36. The second kappa shape index (κ2) is 7.80. The van der Waals surface area contributed by atoms with Gasteiger partial charge >= 0.3 is 0 Å². The van der Waals surface area contributed by atoms with Gasteiger partial charge in [0.15, 0.2) is 0 Å². The van der Waals surface area contributed by atoms with Crippen molar-refractivity contribution in [2.75, 3.05) is 13.1 Å². The second-order valence-electron chi connectivity index (χ2n) is 6.18. The highest BCUT2D eigenvalue weighted by molar-refractivity contribution is 5.28. The molecule has 0 aromatic heterocycles. The zero-order valence-electron chi connectivity index (χ0n) is 13.2. The van der Waals surface area contributed by atoms with E-state index < -0.39 is 0 Å². The van der Waals surface area contributed by atoms with Gasteiger partial charge in [-0.3, -0.25) is 0 Å². The first kappa shape index (κ1) is 15.5.